The first-order chi connectivity index (χ1) is 16.5. The number of nitrogens with one attached hydrogen (secondary N) is 1. The van der Waals surface area contributed by atoms with Crippen LogP contribution < -0.4 is 10.8 Å². The minimum absolute atomic E-state index is 0.0806. The number of hydrogen-bond donors (Lipinski definition) is 1. The van der Waals surface area contributed by atoms with Crippen LogP contribution in [0.4, 0.5) is 14.5 Å². The molecular weight excluding hydrogens is 467 g/mol. The Morgan fingerprint density at radius 2 is 1.80 bits per heavy atom. The average molecular weight is 491 g/mol. The van der Waals surface area contributed by atoms with Gasteiger partial charge in [-0.05, 0) is 70.0 Å². The van der Waals surface area contributed by atoms with Crippen LogP contribution in [0, 0.1) is 36.8 Å². The standard InChI is InChI=1S/C26H24F2N5OP/c1-14-15(2)31-22-11-21(28)25(18-7-9-23(30-13-18)35(4,5)34)33-26(22)24(14)32-16(3)19-10-17(12-29)6-8-20(19)27/h6-11,13,16H,1-5H3,(H,31,32)/t16-/m1/s1. The Labute approximate surface area is 202 Å². The van der Waals surface area contributed by atoms with Crippen LogP contribution in [-0.4, -0.2) is 28.3 Å². The maximum atomic E-state index is 15.1. The molecule has 1 N–H and O–H groups in total. The van der Waals surface area contributed by atoms with Gasteiger partial charge in [-0.25, -0.2) is 13.8 Å². The number of fused-ring (bicyclic) bond motifs is 1. The molecule has 0 bridgehead atoms. The summed E-state index contributed by atoms with van der Waals surface area (Å²) >= 11 is 0. The highest BCUT2D eigenvalue weighted by Gasteiger charge is 2.20. The molecule has 0 fully saturated rings. The number of halogens is 2. The van der Waals surface area contributed by atoms with Crippen molar-refractivity contribution >= 4 is 29.3 Å². The molecule has 6 nitrogen and oxygen atoms in total. The highest BCUT2D eigenvalue weighted by atomic mass is 31.2. The van der Waals surface area contributed by atoms with Crippen LogP contribution in [0.15, 0.2) is 42.6 Å². The Hall–Kier alpha value is -3.69. The van der Waals surface area contributed by atoms with E-state index in [2.05, 4.69) is 20.3 Å². The summed E-state index contributed by atoms with van der Waals surface area (Å²) in [6.07, 6.45) is 1.46. The normalized spacial score (nSPS) is 12.4. The van der Waals surface area contributed by atoms with E-state index in [0.29, 0.717) is 44.5 Å². The summed E-state index contributed by atoms with van der Waals surface area (Å²) in [4.78, 5) is 13.3. The predicted molar refractivity (Wildman–Crippen MR) is 134 cm³/mol. The van der Waals surface area contributed by atoms with Crippen molar-refractivity contribution in [2.24, 2.45) is 0 Å². The minimum Gasteiger partial charge on any atom is -0.376 e. The summed E-state index contributed by atoms with van der Waals surface area (Å²) in [5.41, 5.74) is 4.50. The molecule has 3 aromatic heterocycles. The highest BCUT2D eigenvalue weighted by Crippen LogP contribution is 2.35. The second-order valence-corrected chi connectivity index (χ2v) is 12.0. The Bertz CT molecular complexity index is 1540. The molecule has 4 rings (SSSR count). The minimum atomic E-state index is -2.55. The zero-order valence-electron chi connectivity index (χ0n) is 20.0. The lowest BCUT2D eigenvalue weighted by atomic mass is 10.0. The molecule has 0 aliphatic rings. The van der Waals surface area contributed by atoms with Crippen molar-refractivity contribution in [3.63, 3.8) is 0 Å². The van der Waals surface area contributed by atoms with E-state index in [1.807, 2.05) is 19.9 Å². The van der Waals surface area contributed by atoms with Gasteiger partial charge in [0.15, 0.2) is 5.82 Å². The molecule has 0 saturated heterocycles. The van der Waals surface area contributed by atoms with Gasteiger partial charge in [0.25, 0.3) is 0 Å². The molecule has 35 heavy (non-hydrogen) atoms. The molecule has 178 valence electrons. The number of hydrogen-bond acceptors (Lipinski definition) is 6. The van der Waals surface area contributed by atoms with Gasteiger partial charge < -0.3 is 9.88 Å². The molecule has 9 heteroatoms. The molecule has 0 unspecified atom stereocenters. The number of rotatable bonds is 5. The Kier molecular flexibility index (Phi) is 6.40. The molecule has 0 saturated carbocycles. The third-order valence-corrected chi connectivity index (χ3v) is 7.29. The van der Waals surface area contributed by atoms with Crippen molar-refractivity contribution in [1.82, 2.24) is 15.0 Å². The lowest BCUT2D eigenvalue weighted by Gasteiger charge is -2.21. The van der Waals surface area contributed by atoms with Gasteiger partial charge in [0.05, 0.1) is 34.3 Å². The fourth-order valence-electron chi connectivity index (χ4n) is 3.83. The molecule has 0 aliphatic carbocycles. The molecule has 4 aromatic rings. The van der Waals surface area contributed by atoms with Crippen LogP contribution in [-0.2, 0) is 4.57 Å². The van der Waals surface area contributed by atoms with Crippen LogP contribution in [0.1, 0.15) is 35.3 Å². The Balaban J connectivity index is 1.84. The van der Waals surface area contributed by atoms with Crippen molar-refractivity contribution in [2.75, 3.05) is 18.6 Å². The second-order valence-electron chi connectivity index (χ2n) is 8.85. The first kappa shape index (κ1) is 24.4. The summed E-state index contributed by atoms with van der Waals surface area (Å²) in [6.45, 7) is 8.69. The number of pyridine rings is 3. The van der Waals surface area contributed by atoms with Gasteiger partial charge in [-0.2, -0.15) is 5.26 Å². The van der Waals surface area contributed by atoms with Crippen LogP contribution in [0.5, 0.6) is 0 Å². The van der Waals surface area contributed by atoms with E-state index in [-0.39, 0.29) is 5.69 Å². The summed E-state index contributed by atoms with van der Waals surface area (Å²) in [6, 6.07) is 10.3. The number of nitriles is 1. The van der Waals surface area contributed by atoms with Gasteiger partial charge in [-0.1, -0.05) is 0 Å². The lowest BCUT2D eigenvalue weighted by Crippen LogP contribution is -2.12. The van der Waals surface area contributed by atoms with E-state index in [1.54, 1.807) is 32.4 Å². The number of aromatic nitrogens is 3. The largest absolute Gasteiger partial charge is 0.376 e. The van der Waals surface area contributed by atoms with Crippen LogP contribution in [0.25, 0.3) is 22.3 Å². The first-order valence-corrected chi connectivity index (χ1v) is 13.5. The summed E-state index contributed by atoms with van der Waals surface area (Å²) in [7, 11) is -2.55. The molecule has 0 radical (unpaired) electrons. The van der Waals surface area contributed by atoms with E-state index in [1.165, 1.54) is 30.5 Å². The predicted octanol–water partition coefficient (Wildman–Crippen LogP) is 5.88. The van der Waals surface area contributed by atoms with E-state index in [9.17, 15) is 14.2 Å². The van der Waals surface area contributed by atoms with Crippen molar-refractivity contribution in [2.45, 2.75) is 26.8 Å². The van der Waals surface area contributed by atoms with Gasteiger partial charge in [-0.15, -0.1) is 0 Å². The second kappa shape index (κ2) is 9.16. The van der Waals surface area contributed by atoms with Gasteiger partial charge in [0.1, 0.15) is 24.2 Å². The van der Waals surface area contributed by atoms with E-state index in [4.69, 9.17) is 0 Å². The number of aryl methyl sites for hydroxylation is 1. The number of benzene rings is 1. The van der Waals surface area contributed by atoms with Crippen molar-refractivity contribution < 1.29 is 13.3 Å². The van der Waals surface area contributed by atoms with Crippen LogP contribution in [0.2, 0.25) is 0 Å². The van der Waals surface area contributed by atoms with Crippen LogP contribution >= 0.6 is 7.14 Å². The van der Waals surface area contributed by atoms with Crippen molar-refractivity contribution in [3.05, 3.63) is 76.6 Å². The molecule has 1 atom stereocenters. The monoisotopic (exact) mass is 491 g/mol. The first-order valence-electron chi connectivity index (χ1n) is 10.9. The topological polar surface area (TPSA) is 91.6 Å². The molecule has 3 heterocycles. The lowest BCUT2D eigenvalue weighted by molar-refractivity contribution is 0.587. The van der Waals surface area contributed by atoms with Gasteiger partial charge in [0, 0.05) is 29.1 Å². The molecular formula is C26H24F2N5OP. The highest BCUT2D eigenvalue weighted by molar-refractivity contribution is 7.69. The zero-order valence-corrected chi connectivity index (χ0v) is 20.9. The SMILES string of the molecule is Cc1nc2cc(F)c(-c3ccc(P(C)(C)=O)nc3)nc2c(N[C@H](C)c2cc(C#N)ccc2F)c1C. The Morgan fingerprint density at radius 3 is 2.43 bits per heavy atom. The van der Waals surface area contributed by atoms with Gasteiger partial charge in [-0.3, -0.25) is 9.97 Å². The molecule has 1 aromatic carbocycles. The molecule has 0 aliphatic heterocycles. The maximum Gasteiger partial charge on any atom is 0.151 e. The third kappa shape index (κ3) is 4.78. The van der Waals surface area contributed by atoms with E-state index < -0.39 is 24.8 Å². The van der Waals surface area contributed by atoms with E-state index >= 15 is 4.39 Å². The number of nitrogens with zero attached hydrogens (tertiary/aromatic N) is 4. The summed E-state index contributed by atoms with van der Waals surface area (Å²) in [5.74, 6) is -1.00. The molecule has 0 amide bonds. The fourth-order valence-corrected chi connectivity index (χ4v) is 4.60. The zero-order chi connectivity index (χ0) is 25.5. The quantitative estimate of drug-likeness (QED) is 0.351. The third-order valence-electron chi connectivity index (χ3n) is 5.92. The van der Waals surface area contributed by atoms with Gasteiger partial charge >= 0.3 is 0 Å². The summed E-state index contributed by atoms with van der Waals surface area (Å²) in [5, 5.41) is 12.5. The summed E-state index contributed by atoms with van der Waals surface area (Å²) < 4.78 is 41.9. The van der Waals surface area contributed by atoms with Gasteiger partial charge in [0.2, 0.25) is 0 Å². The molecule has 0 spiro atoms. The maximum absolute atomic E-state index is 15.1. The number of anilines is 1. The average Bonchev–Trinajstić information content (AvgIpc) is 2.81. The van der Waals surface area contributed by atoms with Crippen molar-refractivity contribution in [1.29, 1.82) is 5.26 Å². The van der Waals surface area contributed by atoms with Crippen molar-refractivity contribution in [3.8, 4) is 17.3 Å². The van der Waals surface area contributed by atoms with E-state index in [0.717, 1.165) is 5.56 Å². The van der Waals surface area contributed by atoms with Crippen LogP contribution in [0.3, 0.4) is 0 Å². The fraction of sp³-hybridized carbons (Fsp3) is 0.231. The smallest absolute Gasteiger partial charge is 0.151 e. The Morgan fingerprint density at radius 1 is 1.06 bits per heavy atom.